The van der Waals surface area contributed by atoms with E-state index in [0.717, 1.165) is 0 Å². The van der Waals surface area contributed by atoms with Crippen LogP contribution in [0.15, 0.2) is 29.4 Å². The van der Waals surface area contributed by atoms with Gasteiger partial charge in [0, 0.05) is 5.56 Å². The molecule has 0 amide bonds. The Hall–Kier alpha value is -2.77. The van der Waals surface area contributed by atoms with Gasteiger partial charge in [-0.1, -0.05) is 5.16 Å². The molecule has 124 valence electrons. The molecule has 2 rings (SSSR count). The van der Waals surface area contributed by atoms with E-state index < -0.39 is 12.0 Å². The molecule has 0 aliphatic carbocycles. The van der Waals surface area contributed by atoms with Gasteiger partial charge in [-0.3, -0.25) is 0 Å². The van der Waals surface area contributed by atoms with Crippen LogP contribution in [0.3, 0.4) is 0 Å². The molecule has 1 aromatic carbocycles. The second-order valence-electron chi connectivity index (χ2n) is 4.73. The molecule has 0 saturated carbocycles. The lowest BCUT2D eigenvalue weighted by molar-refractivity contribution is -0.145. The van der Waals surface area contributed by atoms with Crippen molar-refractivity contribution in [3.63, 3.8) is 0 Å². The van der Waals surface area contributed by atoms with Crippen molar-refractivity contribution in [3.05, 3.63) is 29.8 Å². The molecular formula is C15H18N2O6. The lowest BCUT2D eigenvalue weighted by Crippen LogP contribution is -2.21. The Balaban J connectivity index is 1.96. The maximum atomic E-state index is 11.4. The smallest absolute Gasteiger partial charge is 0.344 e. The van der Waals surface area contributed by atoms with E-state index in [-0.39, 0.29) is 18.4 Å². The highest BCUT2D eigenvalue weighted by Crippen LogP contribution is 2.24. The minimum atomic E-state index is -0.445. The molecule has 1 heterocycles. The van der Waals surface area contributed by atoms with Crippen molar-refractivity contribution in [1.29, 1.82) is 0 Å². The van der Waals surface area contributed by atoms with E-state index in [2.05, 4.69) is 9.89 Å². The Kier molecular flexibility index (Phi) is 5.40. The highest BCUT2D eigenvalue weighted by Gasteiger charge is 2.44. The van der Waals surface area contributed by atoms with Crippen LogP contribution in [0.4, 0.5) is 0 Å². The average Bonchev–Trinajstić information content (AvgIpc) is 3.35. The quantitative estimate of drug-likeness (QED) is 0.205. The second-order valence-corrected chi connectivity index (χ2v) is 4.73. The van der Waals surface area contributed by atoms with Gasteiger partial charge >= 0.3 is 11.9 Å². The van der Waals surface area contributed by atoms with E-state index in [1.54, 1.807) is 36.1 Å². The van der Waals surface area contributed by atoms with Gasteiger partial charge in [0.15, 0.2) is 12.4 Å². The summed E-state index contributed by atoms with van der Waals surface area (Å²) in [6.45, 7) is 2.28. The van der Waals surface area contributed by atoms with Crippen molar-refractivity contribution in [1.82, 2.24) is 4.90 Å². The van der Waals surface area contributed by atoms with Gasteiger partial charge < -0.3 is 24.3 Å². The fourth-order valence-electron chi connectivity index (χ4n) is 2.04. The first-order valence-electron chi connectivity index (χ1n) is 7.06. The first kappa shape index (κ1) is 16.6. The summed E-state index contributed by atoms with van der Waals surface area (Å²) in [6, 6.07) is 6.18. The molecule has 1 unspecified atom stereocenters. The number of carbonyl (C=O) groups is 2. The molecule has 1 atom stereocenters. The van der Waals surface area contributed by atoms with Gasteiger partial charge in [-0.15, -0.1) is 0 Å². The predicted molar refractivity (Wildman–Crippen MR) is 79.4 cm³/mol. The Morgan fingerprint density at radius 2 is 2.04 bits per heavy atom. The Morgan fingerprint density at radius 3 is 2.61 bits per heavy atom. The van der Waals surface area contributed by atoms with Crippen LogP contribution >= 0.6 is 0 Å². The first-order chi connectivity index (χ1) is 11.1. The molecule has 1 aliphatic rings. The number of ether oxygens (including phenoxy) is 3. The molecule has 1 N–H and O–H groups in total. The number of nitrogens with zero attached hydrogens (tertiary/aromatic N) is 2. The highest BCUT2D eigenvalue weighted by atomic mass is 16.6. The summed E-state index contributed by atoms with van der Waals surface area (Å²) < 4.78 is 14.7. The van der Waals surface area contributed by atoms with Crippen LogP contribution in [-0.2, 0) is 19.1 Å². The zero-order valence-electron chi connectivity index (χ0n) is 12.9. The minimum Gasteiger partial charge on any atom is -0.482 e. The van der Waals surface area contributed by atoms with Gasteiger partial charge in [-0.2, -0.15) is 0 Å². The lowest BCUT2D eigenvalue weighted by Gasteiger charge is -2.09. The van der Waals surface area contributed by atoms with Crippen LogP contribution in [0, 0.1) is 0 Å². The summed E-state index contributed by atoms with van der Waals surface area (Å²) in [7, 11) is 1.31. The number of esters is 2. The summed E-state index contributed by atoms with van der Waals surface area (Å²) in [6.07, 6.45) is 0. The van der Waals surface area contributed by atoms with Gasteiger partial charge in [0.1, 0.15) is 11.8 Å². The van der Waals surface area contributed by atoms with Crippen LogP contribution in [-0.4, -0.2) is 60.8 Å². The van der Waals surface area contributed by atoms with E-state index in [0.29, 0.717) is 24.5 Å². The molecule has 23 heavy (non-hydrogen) atoms. The lowest BCUT2D eigenvalue weighted by atomic mass is 10.2. The fraction of sp³-hybridized carbons (Fsp3) is 0.400. The fourth-order valence-corrected chi connectivity index (χ4v) is 2.04. The first-order valence-corrected chi connectivity index (χ1v) is 7.06. The molecule has 8 heteroatoms. The van der Waals surface area contributed by atoms with Gasteiger partial charge in [0.25, 0.3) is 0 Å². The van der Waals surface area contributed by atoms with Crippen molar-refractivity contribution >= 4 is 17.8 Å². The average molecular weight is 322 g/mol. The maximum Gasteiger partial charge on any atom is 0.344 e. The summed E-state index contributed by atoms with van der Waals surface area (Å²) in [5.41, 5.74) is 0.613. The minimum absolute atomic E-state index is 0.176. The standard InChI is InChI=1S/C15H18N2O6/c1-3-22-13(18)9-23-11-6-4-10(5-7-11)14(16-20)17-8-12(17)15(19)21-2/h4-7,12,20H,3,8-9H2,1-2H3/b16-14-. The monoisotopic (exact) mass is 322 g/mol. The van der Waals surface area contributed by atoms with Gasteiger partial charge in [0.2, 0.25) is 0 Å². The third-order valence-corrected chi connectivity index (χ3v) is 3.23. The van der Waals surface area contributed by atoms with Crippen molar-refractivity contribution in [2.45, 2.75) is 13.0 Å². The molecular weight excluding hydrogens is 304 g/mol. The van der Waals surface area contributed by atoms with E-state index >= 15 is 0 Å². The number of rotatable bonds is 6. The molecule has 1 fully saturated rings. The largest absolute Gasteiger partial charge is 0.482 e. The van der Waals surface area contributed by atoms with Gasteiger partial charge in [0.05, 0.1) is 20.3 Å². The van der Waals surface area contributed by atoms with Crippen LogP contribution in [0.1, 0.15) is 12.5 Å². The molecule has 1 saturated heterocycles. The number of oxime groups is 1. The molecule has 1 aromatic rings. The number of hydrogen-bond donors (Lipinski definition) is 1. The van der Waals surface area contributed by atoms with Crippen molar-refractivity contribution in [3.8, 4) is 5.75 Å². The zero-order valence-corrected chi connectivity index (χ0v) is 12.9. The topological polar surface area (TPSA) is 97.4 Å². The molecule has 0 spiro atoms. The number of hydrogen-bond acceptors (Lipinski definition) is 7. The summed E-state index contributed by atoms with van der Waals surface area (Å²) in [5.74, 6) is -0.0634. The number of amidine groups is 1. The number of benzene rings is 1. The molecule has 1 aliphatic heterocycles. The van der Waals surface area contributed by atoms with Crippen LogP contribution in [0.5, 0.6) is 5.75 Å². The van der Waals surface area contributed by atoms with E-state index in [4.69, 9.17) is 14.7 Å². The second kappa shape index (κ2) is 7.48. The van der Waals surface area contributed by atoms with E-state index in [9.17, 15) is 9.59 Å². The van der Waals surface area contributed by atoms with Crippen molar-refractivity contribution in [2.24, 2.45) is 5.16 Å². The van der Waals surface area contributed by atoms with E-state index in [1.165, 1.54) is 7.11 Å². The van der Waals surface area contributed by atoms with Crippen LogP contribution in [0.25, 0.3) is 0 Å². The summed E-state index contributed by atoms with van der Waals surface area (Å²) >= 11 is 0. The Labute approximate surface area is 133 Å². The summed E-state index contributed by atoms with van der Waals surface area (Å²) in [5, 5.41) is 12.4. The van der Waals surface area contributed by atoms with Crippen molar-refractivity contribution < 1.29 is 29.0 Å². The normalized spacial score (nSPS) is 16.7. The van der Waals surface area contributed by atoms with Crippen LogP contribution in [0.2, 0.25) is 0 Å². The third kappa shape index (κ3) is 4.12. The molecule has 0 bridgehead atoms. The number of methoxy groups -OCH3 is 1. The summed E-state index contributed by atoms with van der Waals surface area (Å²) in [4.78, 5) is 24.3. The Morgan fingerprint density at radius 1 is 1.35 bits per heavy atom. The van der Waals surface area contributed by atoms with Gasteiger partial charge in [-0.25, -0.2) is 9.59 Å². The molecule has 8 nitrogen and oxygen atoms in total. The third-order valence-electron chi connectivity index (χ3n) is 3.23. The van der Waals surface area contributed by atoms with Gasteiger partial charge in [-0.05, 0) is 31.2 Å². The predicted octanol–water partition coefficient (Wildman–Crippen LogP) is 0.621. The Bertz CT molecular complexity index is 598. The van der Waals surface area contributed by atoms with Crippen molar-refractivity contribution in [2.75, 3.05) is 26.9 Å². The zero-order chi connectivity index (χ0) is 16.8. The molecule has 0 aromatic heterocycles. The van der Waals surface area contributed by atoms with Crippen LogP contribution < -0.4 is 4.74 Å². The molecule has 0 radical (unpaired) electrons. The maximum absolute atomic E-state index is 11.4. The van der Waals surface area contributed by atoms with E-state index in [1.807, 2.05) is 0 Å². The number of carbonyl (C=O) groups excluding carboxylic acids is 2. The SMILES string of the molecule is CCOC(=O)COc1ccc(/C(=N/O)N2CC2C(=O)OC)cc1. The highest BCUT2D eigenvalue weighted by molar-refractivity contribution is 6.03.